The van der Waals surface area contributed by atoms with Gasteiger partial charge in [-0.15, -0.1) is 12.4 Å². The lowest BCUT2D eigenvalue weighted by Crippen LogP contribution is -2.45. The van der Waals surface area contributed by atoms with Crippen LogP contribution in [0.25, 0.3) is 0 Å². The van der Waals surface area contributed by atoms with Gasteiger partial charge in [0.15, 0.2) is 0 Å². The molecule has 1 fully saturated rings. The average molecular weight is 226 g/mol. The summed E-state index contributed by atoms with van der Waals surface area (Å²) in [5, 5.41) is 0. The third-order valence-electron chi connectivity index (χ3n) is 3.67. The highest BCUT2D eigenvalue weighted by Crippen LogP contribution is 2.38. The molecular formula is C13H20ClN. The fraction of sp³-hybridized carbons (Fsp3) is 0.538. The van der Waals surface area contributed by atoms with E-state index in [4.69, 9.17) is 5.73 Å². The molecule has 0 unspecified atom stereocenters. The quantitative estimate of drug-likeness (QED) is 0.778. The lowest BCUT2D eigenvalue weighted by Gasteiger charge is -2.40. The summed E-state index contributed by atoms with van der Waals surface area (Å²) in [6.07, 6.45) is 5.02. The zero-order chi connectivity index (χ0) is 10.0. The summed E-state index contributed by atoms with van der Waals surface area (Å²) < 4.78 is 0. The third-order valence-corrected chi connectivity index (χ3v) is 3.67. The van der Waals surface area contributed by atoms with Crippen molar-refractivity contribution in [2.24, 2.45) is 11.7 Å². The second-order valence-electron chi connectivity index (χ2n) is 4.55. The average Bonchev–Trinajstić information content (AvgIpc) is 2.24. The van der Waals surface area contributed by atoms with Crippen LogP contribution in [0.5, 0.6) is 0 Å². The molecule has 1 saturated carbocycles. The Morgan fingerprint density at radius 1 is 1.20 bits per heavy atom. The predicted molar refractivity (Wildman–Crippen MR) is 67.2 cm³/mol. The van der Waals surface area contributed by atoms with E-state index in [0.29, 0.717) is 5.92 Å². The van der Waals surface area contributed by atoms with Gasteiger partial charge in [0.05, 0.1) is 0 Å². The zero-order valence-corrected chi connectivity index (χ0v) is 10.1. The van der Waals surface area contributed by atoms with Crippen LogP contribution in [-0.4, -0.2) is 0 Å². The number of halogens is 1. The molecule has 1 aliphatic carbocycles. The first-order chi connectivity index (χ1) is 6.73. The van der Waals surface area contributed by atoms with Gasteiger partial charge in [0.25, 0.3) is 0 Å². The van der Waals surface area contributed by atoms with Gasteiger partial charge in [0, 0.05) is 5.54 Å². The van der Waals surface area contributed by atoms with Crippen molar-refractivity contribution >= 4 is 12.4 Å². The Hall–Kier alpha value is -0.530. The van der Waals surface area contributed by atoms with Crippen molar-refractivity contribution in [1.82, 2.24) is 0 Å². The highest BCUT2D eigenvalue weighted by atomic mass is 35.5. The number of nitrogens with two attached hydrogens (primary N) is 1. The second-order valence-corrected chi connectivity index (χ2v) is 4.55. The standard InChI is InChI=1S/C13H19N.ClH/c1-11-7-5-6-10-13(11,14)12-8-3-2-4-9-12;/h2-4,8-9,11H,5-7,10,14H2,1H3;1H/t11-,13+;/m0./s1. The monoisotopic (exact) mass is 225 g/mol. The summed E-state index contributed by atoms with van der Waals surface area (Å²) in [6, 6.07) is 10.6. The van der Waals surface area contributed by atoms with Gasteiger partial charge in [-0.3, -0.25) is 0 Å². The minimum absolute atomic E-state index is 0. The van der Waals surface area contributed by atoms with Crippen LogP contribution in [0.1, 0.15) is 38.2 Å². The molecule has 0 aliphatic heterocycles. The van der Waals surface area contributed by atoms with E-state index in [2.05, 4.69) is 37.3 Å². The maximum atomic E-state index is 6.52. The Morgan fingerprint density at radius 3 is 2.47 bits per heavy atom. The molecule has 1 nitrogen and oxygen atoms in total. The normalized spacial score (nSPS) is 30.7. The molecule has 15 heavy (non-hydrogen) atoms. The van der Waals surface area contributed by atoms with E-state index in [0.717, 1.165) is 6.42 Å². The molecule has 1 aromatic carbocycles. The molecule has 1 aliphatic rings. The van der Waals surface area contributed by atoms with Gasteiger partial charge in [-0.05, 0) is 24.3 Å². The van der Waals surface area contributed by atoms with Gasteiger partial charge >= 0.3 is 0 Å². The molecule has 0 aromatic heterocycles. The van der Waals surface area contributed by atoms with Gasteiger partial charge in [-0.25, -0.2) is 0 Å². The van der Waals surface area contributed by atoms with Crippen LogP contribution >= 0.6 is 12.4 Å². The van der Waals surface area contributed by atoms with E-state index in [1.165, 1.54) is 24.8 Å². The maximum Gasteiger partial charge on any atom is 0.0435 e. The van der Waals surface area contributed by atoms with Gasteiger partial charge in [0.2, 0.25) is 0 Å². The molecule has 0 heterocycles. The highest BCUT2D eigenvalue weighted by molar-refractivity contribution is 5.85. The van der Waals surface area contributed by atoms with Gasteiger partial charge in [-0.1, -0.05) is 50.1 Å². The summed E-state index contributed by atoms with van der Waals surface area (Å²) >= 11 is 0. The molecule has 0 saturated heterocycles. The van der Waals surface area contributed by atoms with Gasteiger partial charge in [-0.2, -0.15) is 0 Å². The van der Waals surface area contributed by atoms with Gasteiger partial charge in [0.1, 0.15) is 0 Å². The van der Waals surface area contributed by atoms with Crippen molar-refractivity contribution in [1.29, 1.82) is 0 Å². The van der Waals surface area contributed by atoms with Crippen LogP contribution < -0.4 is 5.73 Å². The Balaban J connectivity index is 0.00000112. The Morgan fingerprint density at radius 2 is 1.87 bits per heavy atom. The van der Waals surface area contributed by atoms with E-state index in [9.17, 15) is 0 Å². The Bertz CT molecular complexity index is 299. The van der Waals surface area contributed by atoms with Crippen molar-refractivity contribution in [2.45, 2.75) is 38.1 Å². The molecule has 0 spiro atoms. The Labute approximate surface area is 98.5 Å². The second kappa shape index (κ2) is 5.00. The smallest absolute Gasteiger partial charge is 0.0435 e. The number of hydrogen-bond donors (Lipinski definition) is 1. The number of benzene rings is 1. The van der Waals surface area contributed by atoms with Crippen LogP contribution in [0.15, 0.2) is 30.3 Å². The van der Waals surface area contributed by atoms with E-state index in [1.807, 2.05) is 0 Å². The van der Waals surface area contributed by atoms with Crippen molar-refractivity contribution in [3.05, 3.63) is 35.9 Å². The lowest BCUT2D eigenvalue weighted by molar-refractivity contribution is 0.207. The fourth-order valence-electron chi connectivity index (χ4n) is 2.55. The van der Waals surface area contributed by atoms with Gasteiger partial charge < -0.3 is 5.73 Å². The van der Waals surface area contributed by atoms with E-state index < -0.39 is 0 Å². The molecule has 2 heteroatoms. The topological polar surface area (TPSA) is 26.0 Å². The first-order valence-corrected chi connectivity index (χ1v) is 5.58. The number of hydrogen-bond acceptors (Lipinski definition) is 1. The molecule has 2 N–H and O–H groups in total. The summed E-state index contributed by atoms with van der Waals surface area (Å²) in [7, 11) is 0. The molecule has 1 aromatic rings. The van der Waals surface area contributed by atoms with E-state index >= 15 is 0 Å². The van der Waals surface area contributed by atoms with E-state index in [-0.39, 0.29) is 17.9 Å². The molecule has 0 radical (unpaired) electrons. The fourth-order valence-corrected chi connectivity index (χ4v) is 2.55. The Kier molecular flexibility index (Phi) is 4.18. The molecule has 0 bridgehead atoms. The first-order valence-electron chi connectivity index (χ1n) is 5.58. The van der Waals surface area contributed by atoms with Crippen molar-refractivity contribution in [3.8, 4) is 0 Å². The summed E-state index contributed by atoms with van der Waals surface area (Å²) in [4.78, 5) is 0. The van der Waals surface area contributed by atoms with Crippen LogP contribution in [0.2, 0.25) is 0 Å². The van der Waals surface area contributed by atoms with Crippen molar-refractivity contribution in [2.75, 3.05) is 0 Å². The van der Waals surface area contributed by atoms with Crippen molar-refractivity contribution in [3.63, 3.8) is 0 Å². The summed E-state index contributed by atoms with van der Waals surface area (Å²) in [5.41, 5.74) is 7.77. The van der Waals surface area contributed by atoms with Crippen LogP contribution in [0, 0.1) is 5.92 Å². The summed E-state index contributed by atoms with van der Waals surface area (Å²) in [5.74, 6) is 0.610. The number of rotatable bonds is 1. The molecule has 0 amide bonds. The van der Waals surface area contributed by atoms with Crippen molar-refractivity contribution < 1.29 is 0 Å². The minimum Gasteiger partial charge on any atom is -0.321 e. The molecular weight excluding hydrogens is 206 g/mol. The first kappa shape index (κ1) is 12.5. The largest absolute Gasteiger partial charge is 0.321 e. The maximum absolute atomic E-state index is 6.52. The van der Waals surface area contributed by atoms with Crippen LogP contribution in [0.4, 0.5) is 0 Å². The zero-order valence-electron chi connectivity index (χ0n) is 9.28. The van der Waals surface area contributed by atoms with Crippen LogP contribution in [-0.2, 0) is 5.54 Å². The third kappa shape index (κ3) is 2.35. The predicted octanol–water partition coefficient (Wildman–Crippen LogP) is 3.47. The lowest BCUT2D eigenvalue weighted by atomic mass is 9.70. The molecule has 2 atom stereocenters. The SMILES string of the molecule is C[C@H]1CCCC[C@]1(N)c1ccccc1.Cl. The van der Waals surface area contributed by atoms with Crippen LogP contribution in [0.3, 0.4) is 0 Å². The van der Waals surface area contributed by atoms with E-state index in [1.54, 1.807) is 0 Å². The minimum atomic E-state index is -0.0699. The highest BCUT2D eigenvalue weighted by Gasteiger charge is 2.35. The summed E-state index contributed by atoms with van der Waals surface area (Å²) in [6.45, 7) is 2.28. The molecule has 2 rings (SSSR count). The molecule has 84 valence electrons.